The third kappa shape index (κ3) is 3.82. The predicted octanol–water partition coefficient (Wildman–Crippen LogP) is 0.717. The highest BCUT2D eigenvalue weighted by atomic mass is 16.5. The van der Waals surface area contributed by atoms with Crippen LogP contribution in [0.3, 0.4) is 0 Å². The Hall–Kier alpha value is -2.34. The average Bonchev–Trinajstić information content (AvgIpc) is 2.88. The summed E-state index contributed by atoms with van der Waals surface area (Å²) in [7, 11) is 0. The molecule has 1 aromatic heterocycles. The first-order valence-corrected chi connectivity index (χ1v) is 6.85. The number of carbonyl (C=O) groups is 2. The zero-order valence-corrected chi connectivity index (χ0v) is 11.9. The van der Waals surface area contributed by atoms with Crippen LogP contribution in [0.1, 0.15) is 12.5 Å². The molecule has 0 saturated heterocycles. The molecule has 0 fully saturated rings. The minimum Gasteiger partial charge on any atom is -0.465 e. The lowest BCUT2D eigenvalue weighted by molar-refractivity contribution is -0.143. The zero-order valence-electron chi connectivity index (χ0n) is 11.9. The summed E-state index contributed by atoms with van der Waals surface area (Å²) in [6.07, 6.45) is 2.25. The van der Waals surface area contributed by atoms with Crippen molar-refractivity contribution in [2.24, 2.45) is 5.73 Å². The number of ether oxygens (including phenoxy) is 1. The molecule has 6 nitrogen and oxygen atoms in total. The molecule has 0 aliphatic rings. The molecule has 2 aromatic rings. The Balaban J connectivity index is 1.93. The van der Waals surface area contributed by atoms with Crippen LogP contribution in [-0.4, -0.2) is 36.1 Å². The minimum atomic E-state index is -0.710. The molecule has 6 heteroatoms. The Kier molecular flexibility index (Phi) is 4.94. The summed E-state index contributed by atoms with van der Waals surface area (Å²) >= 11 is 0. The summed E-state index contributed by atoms with van der Waals surface area (Å²) in [6, 6.07) is 7.11. The number of fused-ring (bicyclic) bond motifs is 1. The molecule has 112 valence electrons. The average molecular weight is 289 g/mol. The standard InChI is InChI=1S/C15H19N3O3/c1-2-21-14(19)9-18-15(20)12(16)7-10-8-17-13-6-4-3-5-11(10)13/h3-6,8,12,17H,2,7,9,16H2,1H3,(H,18,20)/t12-/m1/s1. The molecule has 2 rings (SSSR count). The third-order valence-corrected chi connectivity index (χ3v) is 3.16. The van der Waals surface area contributed by atoms with Gasteiger partial charge in [-0.15, -0.1) is 0 Å². The van der Waals surface area contributed by atoms with Crippen LogP contribution in [0.25, 0.3) is 10.9 Å². The number of rotatable bonds is 6. The van der Waals surface area contributed by atoms with Gasteiger partial charge in [-0.05, 0) is 25.0 Å². The first-order chi connectivity index (χ1) is 10.1. The number of hydrogen-bond donors (Lipinski definition) is 3. The number of carbonyl (C=O) groups excluding carboxylic acids is 2. The highest BCUT2D eigenvalue weighted by Crippen LogP contribution is 2.18. The minimum absolute atomic E-state index is 0.158. The van der Waals surface area contributed by atoms with Crippen LogP contribution in [0.15, 0.2) is 30.5 Å². The second-order valence-electron chi connectivity index (χ2n) is 4.69. The summed E-state index contributed by atoms with van der Waals surface area (Å²) in [6.45, 7) is 1.84. The second-order valence-corrected chi connectivity index (χ2v) is 4.69. The summed E-state index contributed by atoms with van der Waals surface area (Å²) < 4.78 is 4.74. The number of hydrogen-bond acceptors (Lipinski definition) is 4. The number of aromatic nitrogens is 1. The Morgan fingerprint density at radius 2 is 2.14 bits per heavy atom. The smallest absolute Gasteiger partial charge is 0.325 e. The SMILES string of the molecule is CCOC(=O)CNC(=O)[C@H](N)Cc1c[nH]c2ccccc12. The third-order valence-electron chi connectivity index (χ3n) is 3.16. The van der Waals surface area contributed by atoms with Gasteiger partial charge in [-0.1, -0.05) is 18.2 Å². The van der Waals surface area contributed by atoms with E-state index >= 15 is 0 Å². The van der Waals surface area contributed by atoms with Crippen molar-refractivity contribution in [3.05, 3.63) is 36.0 Å². The van der Waals surface area contributed by atoms with Crippen LogP contribution < -0.4 is 11.1 Å². The van der Waals surface area contributed by atoms with E-state index in [1.165, 1.54) is 0 Å². The lowest BCUT2D eigenvalue weighted by atomic mass is 10.1. The van der Waals surface area contributed by atoms with Crippen molar-refractivity contribution in [2.75, 3.05) is 13.2 Å². The molecule has 1 heterocycles. The van der Waals surface area contributed by atoms with Gasteiger partial charge in [-0.2, -0.15) is 0 Å². The number of amides is 1. The highest BCUT2D eigenvalue weighted by Gasteiger charge is 2.17. The van der Waals surface area contributed by atoms with Gasteiger partial charge in [0.1, 0.15) is 6.54 Å². The summed E-state index contributed by atoms with van der Waals surface area (Å²) in [4.78, 5) is 26.2. The van der Waals surface area contributed by atoms with Gasteiger partial charge in [0.25, 0.3) is 0 Å². The topological polar surface area (TPSA) is 97.2 Å². The van der Waals surface area contributed by atoms with E-state index < -0.39 is 12.0 Å². The van der Waals surface area contributed by atoms with E-state index in [4.69, 9.17) is 10.5 Å². The van der Waals surface area contributed by atoms with Gasteiger partial charge in [-0.3, -0.25) is 9.59 Å². The van der Waals surface area contributed by atoms with E-state index in [-0.39, 0.29) is 19.1 Å². The van der Waals surface area contributed by atoms with Crippen molar-refractivity contribution in [1.82, 2.24) is 10.3 Å². The molecule has 21 heavy (non-hydrogen) atoms. The molecule has 0 spiro atoms. The summed E-state index contributed by atoms with van der Waals surface area (Å²) in [5.41, 5.74) is 7.86. The van der Waals surface area contributed by atoms with Gasteiger partial charge in [0.15, 0.2) is 0 Å². The summed E-state index contributed by atoms with van der Waals surface area (Å²) in [5.74, 6) is -0.835. The van der Waals surface area contributed by atoms with Gasteiger partial charge >= 0.3 is 5.97 Å². The van der Waals surface area contributed by atoms with Crippen LogP contribution in [0.4, 0.5) is 0 Å². The van der Waals surface area contributed by atoms with Crippen LogP contribution in [0.2, 0.25) is 0 Å². The molecule has 0 bridgehead atoms. The first kappa shape index (κ1) is 15.1. The Morgan fingerprint density at radius 1 is 1.38 bits per heavy atom. The van der Waals surface area contributed by atoms with Crippen molar-refractivity contribution >= 4 is 22.8 Å². The van der Waals surface area contributed by atoms with E-state index in [2.05, 4.69) is 10.3 Å². The Labute approximate surface area is 122 Å². The van der Waals surface area contributed by atoms with Crippen LogP contribution >= 0.6 is 0 Å². The molecule has 0 unspecified atom stereocenters. The lowest BCUT2D eigenvalue weighted by Crippen LogP contribution is -2.44. The van der Waals surface area contributed by atoms with Crippen molar-refractivity contribution in [2.45, 2.75) is 19.4 Å². The molecule has 0 aliphatic heterocycles. The Morgan fingerprint density at radius 3 is 2.90 bits per heavy atom. The van der Waals surface area contributed by atoms with E-state index in [1.807, 2.05) is 30.5 Å². The molecular weight excluding hydrogens is 270 g/mol. The molecule has 0 radical (unpaired) electrons. The van der Waals surface area contributed by atoms with E-state index in [0.717, 1.165) is 16.5 Å². The molecule has 1 atom stereocenters. The maximum absolute atomic E-state index is 11.9. The number of esters is 1. The van der Waals surface area contributed by atoms with Gasteiger partial charge < -0.3 is 20.8 Å². The first-order valence-electron chi connectivity index (χ1n) is 6.85. The van der Waals surface area contributed by atoms with Crippen molar-refractivity contribution in [3.63, 3.8) is 0 Å². The van der Waals surface area contributed by atoms with Gasteiger partial charge in [0.05, 0.1) is 12.6 Å². The Bertz CT molecular complexity index is 636. The molecular formula is C15H19N3O3. The van der Waals surface area contributed by atoms with Crippen LogP contribution in [-0.2, 0) is 20.7 Å². The molecule has 1 amide bonds. The number of benzene rings is 1. The molecule has 0 saturated carbocycles. The van der Waals surface area contributed by atoms with Crippen LogP contribution in [0.5, 0.6) is 0 Å². The molecule has 1 aromatic carbocycles. The maximum atomic E-state index is 11.9. The van der Waals surface area contributed by atoms with Crippen molar-refractivity contribution < 1.29 is 14.3 Å². The fourth-order valence-corrected chi connectivity index (χ4v) is 2.13. The van der Waals surface area contributed by atoms with Crippen molar-refractivity contribution in [1.29, 1.82) is 0 Å². The van der Waals surface area contributed by atoms with Gasteiger partial charge in [0, 0.05) is 17.1 Å². The normalized spacial score (nSPS) is 12.1. The van der Waals surface area contributed by atoms with Gasteiger partial charge in [-0.25, -0.2) is 0 Å². The number of aromatic amines is 1. The highest BCUT2D eigenvalue weighted by molar-refractivity contribution is 5.87. The quantitative estimate of drug-likeness (QED) is 0.682. The maximum Gasteiger partial charge on any atom is 0.325 e. The monoisotopic (exact) mass is 289 g/mol. The van der Waals surface area contributed by atoms with E-state index in [9.17, 15) is 9.59 Å². The van der Waals surface area contributed by atoms with Gasteiger partial charge in [0.2, 0.25) is 5.91 Å². The second kappa shape index (κ2) is 6.90. The van der Waals surface area contributed by atoms with Crippen molar-refractivity contribution in [3.8, 4) is 0 Å². The fraction of sp³-hybridized carbons (Fsp3) is 0.333. The lowest BCUT2D eigenvalue weighted by Gasteiger charge is -2.11. The zero-order chi connectivity index (χ0) is 15.2. The summed E-state index contributed by atoms with van der Waals surface area (Å²) in [5, 5.41) is 3.53. The molecule has 4 N–H and O–H groups in total. The number of para-hydroxylation sites is 1. The fourth-order valence-electron chi connectivity index (χ4n) is 2.13. The van der Waals surface area contributed by atoms with E-state index in [1.54, 1.807) is 6.92 Å². The number of H-pyrrole nitrogens is 1. The predicted molar refractivity (Wildman–Crippen MR) is 79.6 cm³/mol. The number of nitrogens with two attached hydrogens (primary N) is 1. The molecule has 0 aliphatic carbocycles. The largest absolute Gasteiger partial charge is 0.465 e. The van der Waals surface area contributed by atoms with Crippen LogP contribution in [0, 0.1) is 0 Å². The van der Waals surface area contributed by atoms with E-state index in [0.29, 0.717) is 6.42 Å². The number of nitrogens with one attached hydrogen (secondary N) is 2.